The fourth-order valence-corrected chi connectivity index (χ4v) is 4.18. The first-order valence-electron chi connectivity index (χ1n) is 9.25. The second kappa shape index (κ2) is 8.45. The number of hydrogen-bond donors (Lipinski definition) is 1. The Labute approximate surface area is 173 Å². The first-order chi connectivity index (χ1) is 14.2. The number of hydrogen-bond acceptors (Lipinski definition) is 4. The van der Waals surface area contributed by atoms with Crippen LogP contribution in [0.2, 0.25) is 0 Å². The number of para-hydroxylation sites is 2. The number of fused-ring (bicyclic) bond motifs is 3. The highest BCUT2D eigenvalue weighted by atomic mass is 32.2. The van der Waals surface area contributed by atoms with Crippen LogP contribution in [0.25, 0.3) is 5.69 Å². The van der Waals surface area contributed by atoms with Crippen LogP contribution < -0.4 is 15.0 Å². The topological polar surface area (TPSA) is 63.6 Å². The zero-order valence-corrected chi connectivity index (χ0v) is 16.8. The van der Waals surface area contributed by atoms with E-state index in [2.05, 4.69) is 5.32 Å². The summed E-state index contributed by atoms with van der Waals surface area (Å²) in [6, 6.07) is 19.1. The molecule has 0 fully saturated rings. The van der Waals surface area contributed by atoms with Gasteiger partial charge in [0.25, 0.3) is 0 Å². The lowest BCUT2D eigenvalue weighted by molar-refractivity contribution is -0.123. The van der Waals surface area contributed by atoms with Gasteiger partial charge in [-0.1, -0.05) is 36.0 Å². The maximum Gasteiger partial charge on any atom is 0.240 e. The average Bonchev–Trinajstić information content (AvgIpc) is 3.22. The summed E-state index contributed by atoms with van der Waals surface area (Å²) in [4.78, 5) is 27.1. The van der Waals surface area contributed by atoms with Crippen molar-refractivity contribution in [2.75, 3.05) is 24.3 Å². The number of aromatic nitrogens is 1. The number of carbonyl (C=O) groups excluding carboxylic acids is 2. The van der Waals surface area contributed by atoms with E-state index in [1.807, 2.05) is 71.4 Å². The van der Waals surface area contributed by atoms with E-state index in [4.69, 9.17) is 4.74 Å². The van der Waals surface area contributed by atoms with Crippen LogP contribution >= 0.6 is 11.8 Å². The molecule has 0 spiro atoms. The van der Waals surface area contributed by atoms with E-state index in [1.165, 1.54) is 11.8 Å². The Morgan fingerprint density at radius 2 is 1.93 bits per heavy atom. The molecule has 2 aromatic carbocycles. The van der Waals surface area contributed by atoms with Gasteiger partial charge >= 0.3 is 0 Å². The Kier molecular flexibility index (Phi) is 5.57. The smallest absolute Gasteiger partial charge is 0.240 e. The fourth-order valence-electron chi connectivity index (χ4n) is 3.28. The molecule has 148 valence electrons. The molecule has 1 aromatic heterocycles. The number of ether oxygens (including phenoxy) is 1. The second-order valence-electron chi connectivity index (χ2n) is 6.60. The standard InChI is InChI=1S/C22H21N3O3S/c1-28-17-7-4-6-16(12-17)13-23-20(26)14-25-19-9-3-2-8-18(19)24-11-5-10-22(24)29-15-21(25)27/h2-12H,13-15H2,1H3,(H,23,26). The van der Waals surface area contributed by atoms with Gasteiger partial charge in [0.1, 0.15) is 12.3 Å². The molecule has 3 aromatic rings. The molecule has 0 saturated carbocycles. The van der Waals surface area contributed by atoms with Gasteiger partial charge < -0.3 is 19.5 Å². The van der Waals surface area contributed by atoms with Gasteiger partial charge in [-0.05, 0) is 42.0 Å². The van der Waals surface area contributed by atoms with Crippen LogP contribution in [0.4, 0.5) is 5.69 Å². The molecule has 0 unspecified atom stereocenters. The Hall–Kier alpha value is -3.19. The minimum absolute atomic E-state index is 0.0308. The third-order valence-corrected chi connectivity index (χ3v) is 5.73. The maximum absolute atomic E-state index is 12.9. The largest absolute Gasteiger partial charge is 0.497 e. The Morgan fingerprint density at radius 1 is 1.10 bits per heavy atom. The Balaban J connectivity index is 1.53. The minimum atomic E-state index is -0.214. The number of anilines is 1. The number of thioether (sulfide) groups is 1. The molecule has 4 rings (SSSR count). The minimum Gasteiger partial charge on any atom is -0.497 e. The molecule has 1 aliphatic heterocycles. The van der Waals surface area contributed by atoms with E-state index < -0.39 is 0 Å². The second-order valence-corrected chi connectivity index (χ2v) is 7.60. The van der Waals surface area contributed by atoms with Gasteiger partial charge in [-0.2, -0.15) is 0 Å². The first-order valence-corrected chi connectivity index (χ1v) is 10.2. The average molecular weight is 407 g/mol. The van der Waals surface area contributed by atoms with Gasteiger partial charge in [0.15, 0.2) is 0 Å². The molecule has 0 saturated heterocycles. The summed E-state index contributed by atoms with van der Waals surface area (Å²) in [5.74, 6) is 0.714. The number of rotatable bonds is 5. The predicted molar refractivity (Wildman–Crippen MR) is 114 cm³/mol. The van der Waals surface area contributed by atoms with E-state index >= 15 is 0 Å². The number of nitrogens with one attached hydrogen (secondary N) is 1. The monoisotopic (exact) mass is 407 g/mol. The third-order valence-electron chi connectivity index (χ3n) is 4.71. The molecule has 0 radical (unpaired) electrons. The van der Waals surface area contributed by atoms with E-state index in [1.54, 1.807) is 12.0 Å². The van der Waals surface area contributed by atoms with Gasteiger partial charge in [-0.15, -0.1) is 0 Å². The van der Waals surface area contributed by atoms with Crippen molar-refractivity contribution in [1.29, 1.82) is 0 Å². The summed E-state index contributed by atoms with van der Waals surface area (Å²) in [6.07, 6.45) is 1.97. The lowest BCUT2D eigenvalue weighted by atomic mass is 10.2. The van der Waals surface area contributed by atoms with Gasteiger partial charge in [-0.25, -0.2) is 0 Å². The van der Waals surface area contributed by atoms with Crippen LogP contribution in [0.5, 0.6) is 5.75 Å². The van der Waals surface area contributed by atoms with Crippen LogP contribution in [0.15, 0.2) is 71.9 Å². The molecule has 29 heavy (non-hydrogen) atoms. The molecule has 2 heterocycles. The quantitative estimate of drug-likeness (QED) is 0.705. The molecule has 0 atom stereocenters. The molecule has 0 bridgehead atoms. The summed E-state index contributed by atoms with van der Waals surface area (Å²) in [6.45, 7) is 0.340. The molecule has 0 aliphatic carbocycles. The maximum atomic E-state index is 12.9. The third kappa shape index (κ3) is 4.14. The number of benzene rings is 2. The van der Waals surface area contributed by atoms with Crippen LogP contribution in [0.3, 0.4) is 0 Å². The molecule has 2 amide bonds. The van der Waals surface area contributed by atoms with Crippen molar-refractivity contribution in [3.05, 3.63) is 72.4 Å². The summed E-state index contributed by atoms with van der Waals surface area (Å²) < 4.78 is 7.26. The van der Waals surface area contributed by atoms with Crippen LogP contribution in [0, 0.1) is 0 Å². The normalized spacial score (nSPS) is 13.1. The molecular formula is C22H21N3O3S. The van der Waals surface area contributed by atoms with Crippen molar-refractivity contribution in [3.63, 3.8) is 0 Å². The molecular weight excluding hydrogens is 386 g/mol. The number of nitrogens with zero attached hydrogens (tertiary/aromatic N) is 2. The van der Waals surface area contributed by atoms with Crippen molar-refractivity contribution in [2.24, 2.45) is 0 Å². The number of methoxy groups -OCH3 is 1. The van der Waals surface area contributed by atoms with Crippen molar-refractivity contribution in [2.45, 2.75) is 11.6 Å². The van der Waals surface area contributed by atoms with Crippen molar-refractivity contribution in [1.82, 2.24) is 9.88 Å². The zero-order valence-electron chi connectivity index (χ0n) is 16.0. The Bertz CT molecular complexity index is 1050. The Morgan fingerprint density at radius 3 is 2.76 bits per heavy atom. The number of carbonyl (C=O) groups is 2. The lowest BCUT2D eigenvalue weighted by Gasteiger charge is -2.27. The van der Waals surface area contributed by atoms with E-state index in [9.17, 15) is 9.59 Å². The van der Waals surface area contributed by atoms with Crippen molar-refractivity contribution >= 4 is 29.3 Å². The highest BCUT2D eigenvalue weighted by molar-refractivity contribution is 7.99. The molecule has 1 N–H and O–H groups in total. The van der Waals surface area contributed by atoms with Crippen molar-refractivity contribution in [3.8, 4) is 11.4 Å². The summed E-state index contributed by atoms with van der Waals surface area (Å²) in [7, 11) is 1.61. The van der Waals surface area contributed by atoms with Gasteiger partial charge in [0.05, 0.1) is 29.3 Å². The summed E-state index contributed by atoms with van der Waals surface area (Å²) in [5.41, 5.74) is 2.55. The van der Waals surface area contributed by atoms with Crippen molar-refractivity contribution < 1.29 is 14.3 Å². The molecule has 6 nitrogen and oxygen atoms in total. The first kappa shape index (κ1) is 19.1. The summed E-state index contributed by atoms with van der Waals surface area (Å²) >= 11 is 1.47. The van der Waals surface area contributed by atoms with Crippen LogP contribution in [0.1, 0.15) is 5.56 Å². The molecule has 7 heteroatoms. The van der Waals surface area contributed by atoms with Gasteiger partial charge in [0, 0.05) is 12.7 Å². The van der Waals surface area contributed by atoms with Gasteiger partial charge in [-0.3, -0.25) is 9.59 Å². The van der Waals surface area contributed by atoms with Crippen LogP contribution in [-0.4, -0.2) is 35.8 Å². The van der Waals surface area contributed by atoms with Gasteiger partial charge in [0.2, 0.25) is 11.8 Å². The zero-order chi connectivity index (χ0) is 20.2. The fraction of sp³-hybridized carbons (Fsp3) is 0.182. The molecule has 1 aliphatic rings. The van der Waals surface area contributed by atoms with E-state index in [0.717, 1.165) is 27.7 Å². The van der Waals surface area contributed by atoms with E-state index in [0.29, 0.717) is 6.54 Å². The SMILES string of the molecule is COc1cccc(CNC(=O)CN2C(=O)CSc3cccn3-c3ccccc32)c1. The summed E-state index contributed by atoms with van der Waals surface area (Å²) in [5, 5.41) is 3.90. The predicted octanol–water partition coefficient (Wildman–Crippen LogP) is 3.24. The van der Waals surface area contributed by atoms with Crippen LogP contribution in [-0.2, 0) is 16.1 Å². The highest BCUT2D eigenvalue weighted by Gasteiger charge is 2.25. The number of amides is 2. The highest BCUT2D eigenvalue weighted by Crippen LogP contribution is 2.32. The van der Waals surface area contributed by atoms with E-state index in [-0.39, 0.29) is 24.1 Å². The lowest BCUT2D eigenvalue weighted by Crippen LogP contribution is -2.42.